The third-order valence-corrected chi connectivity index (χ3v) is 6.44. The molecule has 0 amide bonds. The lowest BCUT2D eigenvalue weighted by Gasteiger charge is -2.24. The van der Waals surface area contributed by atoms with Crippen LogP contribution in [0, 0.1) is 0 Å². The normalized spacial score (nSPS) is 18.2. The number of sulfonamides is 1. The van der Waals surface area contributed by atoms with E-state index in [1.54, 1.807) is 18.2 Å². The summed E-state index contributed by atoms with van der Waals surface area (Å²) >= 11 is 0. The molecular formula is C20H35N5O3S. The Morgan fingerprint density at radius 2 is 2.14 bits per heavy atom. The molecule has 1 atom stereocenters. The van der Waals surface area contributed by atoms with Crippen molar-refractivity contribution in [2.45, 2.75) is 44.2 Å². The number of rotatable bonds is 11. The molecule has 0 bridgehead atoms. The molecular weight excluding hydrogens is 390 g/mol. The minimum atomic E-state index is -3.55. The number of aliphatic imine (C=N–C) groups is 1. The molecule has 1 aliphatic heterocycles. The van der Waals surface area contributed by atoms with Gasteiger partial charge in [0.05, 0.1) is 18.0 Å². The van der Waals surface area contributed by atoms with Crippen LogP contribution in [0.2, 0.25) is 0 Å². The Bertz CT molecular complexity index is 754. The van der Waals surface area contributed by atoms with Crippen molar-refractivity contribution in [3.05, 3.63) is 29.8 Å². The molecule has 1 saturated heterocycles. The van der Waals surface area contributed by atoms with E-state index in [1.807, 2.05) is 13.0 Å². The van der Waals surface area contributed by atoms with Crippen LogP contribution in [0.1, 0.15) is 32.3 Å². The number of nitrogens with one attached hydrogen (secondary N) is 3. The molecule has 0 saturated carbocycles. The van der Waals surface area contributed by atoms with E-state index in [0.29, 0.717) is 19.2 Å². The third kappa shape index (κ3) is 7.58. The topological polar surface area (TPSA) is 95.1 Å². The monoisotopic (exact) mass is 425 g/mol. The molecule has 1 aromatic carbocycles. The SMILES string of the molecule is CCNC(=NCc1cccc(S(=O)(=O)NCCOC)c1)NCC1CCCN1CC. The van der Waals surface area contributed by atoms with Crippen LogP contribution in [0.3, 0.4) is 0 Å². The molecule has 3 N–H and O–H groups in total. The summed E-state index contributed by atoms with van der Waals surface area (Å²) in [5.41, 5.74) is 0.841. The van der Waals surface area contributed by atoms with E-state index in [4.69, 9.17) is 4.74 Å². The van der Waals surface area contributed by atoms with Gasteiger partial charge >= 0.3 is 0 Å². The Hall–Kier alpha value is -1.68. The summed E-state index contributed by atoms with van der Waals surface area (Å²) in [6.45, 7) is 9.06. The zero-order chi connectivity index (χ0) is 21.1. The molecule has 9 heteroatoms. The van der Waals surface area contributed by atoms with Crippen LogP contribution in [0.5, 0.6) is 0 Å². The molecule has 0 radical (unpaired) electrons. The Morgan fingerprint density at radius 1 is 1.31 bits per heavy atom. The summed E-state index contributed by atoms with van der Waals surface area (Å²) in [4.78, 5) is 7.36. The number of guanidine groups is 1. The molecule has 1 heterocycles. The number of likely N-dealkylation sites (tertiary alicyclic amines) is 1. The number of methoxy groups -OCH3 is 1. The number of ether oxygens (including phenoxy) is 1. The zero-order valence-corrected chi connectivity index (χ0v) is 18.6. The van der Waals surface area contributed by atoms with E-state index in [2.05, 4.69) is 32.2 Å². The summed E-state index contributed by atoms with van der Waals surface area (Å²) in [6, 6.07) is 7.42. The lowest BCUT2D eigenvalue weighted by atomic mass is 10.2. The molecule has 1 fully saturated rings. The van der Waals surface area contributed by atoms with Gasteiger partial charge in [-0.25, -0.2) is 18.1 Å². The number of nitrogens with zero attached hydrogens (tertiary/aromatic N) is 2. The van der Waals surface area contributed by atoms with E-state index in [1.165, 1.54) is 20.0 Å². The van der Waals surface area contributed by atoms with E-state index in [0.717, 1.165) is 37.7 Å². The third-order valence-electron chi connectivity index (χ3n) is 4.98. The van der Waals surface area contributed by atoms with E-state index >= 15 is 0 Å². The summed E-state index contributed by atoms with van der Waals surface area (Å²) in [6.07, 6.45) is 2.45. The number of hydrogen-bond donors (Lipinski definition) is 3. The fourth-order valence-electron chi connectivity index (χ4n) is 3.44. The van der Waals surface area contributed by atoms with Gasteiger partial charge in [0, 0.05) is 32.8 Å². The van der Waals surface area contributed by atoms with Gasteiger partial charge in [-0.05, 0) is 50.6 Å². The van der Waals surface area contributed by atoms with Crippen LogP contribution < -0.4 is 15.4 Å². The maximum atomic E-state index is 12.4. The summed E-state index contributed by atoms with van der Waals surface area (Å²) < 4.78 is 32.2. The van der Waals surface area contributed by atoms with Crippen molar-refractivity contribution in [1.82, 2.24) is 20.3 Å². The quantitative estimate of drug-likeness (QED) is 0.280. The van der Waals surface area contributed by atoms with Crippen LogP contribution in [0.15, 0.2) is 34.2 Å². The highest BCUT2D eigenvalue weighted by Gasteiger charge is 2.22. The van der Waals surface area contributed by atoms with Gasteiger partial charge < -0.3 is 15.4 Å². The number of hydrogen-bond acceptors (Lipinski definition) is 5. The predicted octanol–water partition coefficient (Wildman–Crippen LogP) is 1.15. The van der Waals surface area contributed by atoms with Gasteiger partial charge in [0.15, 0.2) is 5.96 Å². The van der Waals surface area contributed by atoms with Gasteiger partial charge in [-0.15, -0.1) is 0 Å². The summed E-state index contributed by atoms with van der Waals surface area (Å²) in [7, 11) is -2.01. The standard InChI is InChI=1S/C20H35N5O3S/c1-4-21-20(23-16-18-9-7-12-25(18)5-2)22-15-17-8-6-10-19(14-17)29(26,27)24-11-13-28-3/h6,8,10,14,18,24H,4-5,7,9,11-13,15-16H2,1-3H3,(H2,21,22,23). The minimum Gasteiger partial charge on any atom is -0.383 e. The largest absolute Gasteiger partial charge is 0.383 e. The first kappa shape index (κ1) is 23.6. The average molecular weight is 426 g/mol. The second-order valence-electron chi connectivity index (χ2n) is 7.04. The maximum absolute atomic E-state index is 12.4. The molecule has 164 valence electrons. The van der Waals surface area contributed by atoms with E-state index in [9.17, 15) is 8.42 Å². The summed E-state index contributed by atoms with van der Waals surface area (Å²) in [5, 5.41) is 6.69. The van der Waals surface area contributed by atoms with Crippen LogP contribution in [-0.2, 0) is 21.3 Å². The Kier molecular flexibility index (Phi) is 9.86. The minimum absolute atomic E-state index is 0.240. The van der Waals surface area contributed by atoms with E-state index < -0.39 is 10.0 Å². The molecule has 1 aliphatic rings. The van der Waals surface area contributed by atoms with Gasteiger partial charge in [-0.3, -0.25) is 4.90 Å². The van der Waals surface area contributed by atoms with Crippen LogP contribution in [0.25, 0.3) is 0 Å². The fraction of sp³-hybridized carbons (Fsp3) is 0.650. The smallest absolute Gasteiger partial charge is 0.240 e. The molecule has 29 heavy (non-hydrogen) atoms. The van der Waals surface area contributed by atoms with Crippen molar-refractivity contribution in [3.8, 4) is 0 Å². The first-order valence-electron chi connectivity index (χ1n) is 10.3. The van der Waals surface area contributed by atoms with Crippen molar-refractivity contribution in [2.24, 2.45) is 4.99 Å². The highest BCUT2D eigenvalue weighted by molar-refractivity contribution is 7.89. The van der Waals surface area contributed by atoms with Gasteiger partial charge in [-0.1, -0.05) is 19.1 Å². The van der Waals surface area contributed by atoms with Crippen LogP contribution in [0.4, 0.5) is 0 Å². The van der Waals surface area contributed by atoms with Crippen molar-refractivity contribution in [2.75, 3.05) is 46.4 Å². The van der Waals surface area contributed by atoms with Gasteiger partial charge in [0.25, 0.3) is 0 Å². The van der Waals surface area contributed by atoms with Gasteiger partial charge in [-0.2, -0.15) is 0 Å². The second-order valence-corrected chi connectivity index (χ2v) is 8.81. The Morgan fingerprint density at radius 3 is 2.86 bits per heavy atom. The highest BCUT2D eigenvalue weighted by Crippen LogP contribution is 2.15. The molecule has 0 spiro atoms. The van der Waals surface area contributed by atoms with Crippen LogP contribution in [-0.4, -0.2) is 71.8 Å². The highest BCUT2D eigenvalue weighted by atomic mass is 32.2. The van der Waals surface area contributed by atoms with Crippen molar-refractivity contribution >= 4 is 16.0 Å². The molecule has 1 aromatic rings. The summed E-state index contributed by atoms with van der Waals surface area (Å²) in [5.74, 6) is 0.752. The fourth-order valence-corrected chi connectivity index (χ4v) is 4.52. The first-order valence-corrected chi connectivity index (χ1v) is 11.8. The number of likely N-dealkylation sites (N-methyl/N-ethyl adjacent to an activating group) is 1. The van der Waals surface area contributed by atoms with E-state index in [-0.39, 0.29) is 11.4 Å². The average Bonchev–Trinajstić information content (AvgIpc) is 3.18. The molecule has 8 nitrogen and oxygen atoms in total. The van der Waals surface area contributed by atoms with Crippen molar-refractivity contribution in [3.63, 3.8) is 0 Å². The maximum Gasteiger partial charge on any atom is 0.240 e. The molecule has 2 rings (SSSR count). The van der Waals surface area contributed by atoms with Crippen molar-refractivity contribution in [1.29, 1.82) is 0 Å². The van der Waals surface area contributed by atoms with Gasteiger partial charge in [0.1, 0.15) is 0 Å². The Labute approximate surface area is 175 Å². The predicted molar refractivity (Wildman–Crippen MR) is 117 cm³/mol. The first-order chi connectivity index (χ1) is 14.0. The zero-order valence-electron chi connectivity index (χ0n) is 17.8. The molecule has 0 aromatic heterocycles. The lowest BCUT2D eigenvalue weighted by Crippen LogP contribution is -2.44. The van der Waals surface area contributed by atoms with Gasteiger partial charge in [0.2, 0.25) is 10.0 Å². The van der Waals surface area contributed by atoms with Crippen molar-refractivity contribution < 1.29 is 13.2 Å². The lowest BCUT2D eigenvalue weighted by molar-refractivity contribution is 0.204. The number of benzene rings is 1. The molecule has 1 unspecified atom stereocenters. The molecule has 0 aliphatic carbocycles. The second kappa shape index (κ2) is 12.1. The van der Waals surface area contributed by atoms with Crippen LogP contribution >= 0.6 is 0 Å². The Balaban J connectivity index is 1.99.